The van der Waals surface area contributed by atoms with Gasteiger partial charge in [0.2, 0.25) is 11.8 Å². The Morgan fingerprint density at radius 2 is 1.65 bits per heavy atom. The predicted molar refractivity (Wildman–Crippen MR) is 113 cm³/mol. The van der Waals surface area contributed by atoms with Crippen molar-refractivity contribution in [1.82, 2.24) is 20.9 Å². The smallest absolute Gasteiger partial charge is 0.254 e. The Hall–Kier alpha value is -3.23. The van der Waals surface area contributed by atoms with Gasteiger partial charge < -0.3 is 16.0 Å². The third-order valence-electron chi connectivity index (χ3n) is 6.23. The molecule has 2 aliphatic carbocycles. The van der Waals surface area contributed by atoms with Crippen molar-refractivity contribution in [3.05, 3.63) is 47.8 Å². The van der Waals surface area contributed by atoms with E-state index in [1.165, 1.54) is 23.1 Å². The molecule has 1 heterocycles. The summed E-state index contributed by atoms with van der Waals surface area (Å²) in [5, 5.41) is 8.75. The highest BCUT2D eigenvalue weighted by Gasteiger charge is 2.58. The van der Waals surface area contributed by atoms with Gasteiger partial charge in [-0.1, -0.05) is 24.3 Å². The number of rotatable bonds is 7. The third kappa shape index (κ3) is 4.04. The predicted octanol–water partition coefficient (Wildman–Crippen LogP) is 0.528. The molecule has 9 heteroatoms. The zero-order valence-corrected chi connectivity index (χ0v) is 17.3. The van der Waals surface area contributed by atoms with E-state index in [4.69, 9.17) is 0 Å². The number of carbonyl (C=O) groups is 3. The van der Waals surface area contributed by atoms with Gasteiger partial charge in [-0.3, -0.25) is 24.3 Å². The first-order valence-corrected chi connectivity index (χ1v) is 10.5. The Morgan fingerprint density at radius 1 is 1.03 bits per heavy atom. The fourth-order valence-electron chi connectivity index (χ4n) is 4.79. The maximum absolute atomic E-state index is 13.6. The van der Waals surface area contributed by atoms with Crippen molar-refractivity contribution < 1.29 is 18.8 Å². The summed E-state index contributed by atoms with van der Waals surface area (Å²) in [6.45, 7) is 1.31. The number of imide groups is 1. The van der Waals surface area contributed by atoms with E-state index in [0.717, 1.165) is 6.42 Å². The largest absolute Gasteiger partial charge is 0.355 e. The molecule has 31 heavy (non-hydrogen) atoms. The van der Waals surface area contributed by atoms with Crippen LogP contribution in [0.5, 0.6) is 0 Å². The van der Waals surface area contributed by atoms with Crippen LogP contribution in [0.2, 0.25) is 0 Å². The second kappa shape index (κ2) is 8.87. The fourth-order valence-corrected chi connectivity index (χ4v) is 4.79. The summed E-state index contributed by atoms with van der Waals surface area (Å²) >= 11 is 0. The number of benzene rings is 1. The summed E-state index contributed by atoms with van der Waals surface area (Å²) in [5.41, 5.74) is -0.00152. The number of likely N-dealkylation sites (tertiary alicyclic amines) is 1. The van der Waals surface area contributed by atoms with Crippen LogP contribution in [0.1, 0.15) is 16.8 Å². The van der Waals surface area contributed by atoms with Gasteiger partial charge in [0.25, 0.3) is 5.91 Å². The van der Waals surface area contributed by atoms with Gasteiger partial charge in [0, 0.05) is 33.2 Å². The van der Waals surface area contributed by atoms with E-state index in [9.17, 15) is 18.8 Å². The van der Waals surface area contributed by atoms with E-state index in [2.05, 4.69) is 33.1 Å². The second-order valence-corrected chi connectivity index (χ2v) is 7.99. The molecule has 3 aliphatic rings. The fraction of sp³-hybridized carbons (Fsp3) is 0.455. The molecule has 4 unspecified atom stereocenters. The maximum atomic E-state index is 13.6. The van der Waals surface area contributed by atoms with Gasteiger partial charge in [0.05, 0.1) is 17.4 Å². The molecule has 164 valence electrons. The highest BCUT2D eigenvalue weighted by molar-refractivity contribution is 6.06. The number of guanidine groups is 1. The van der Waals surface area contributed by atoms with E-state index in [1.54, 1.807) is 13.1 Å². The van der Waals surface area contributed by atoms with Crippen molar-refractivity contribution in [3.8, 4) is 0 Å². The van der Waals surface area contributed by atoms with Crippen molar-refractivity contribution in [1.29, 1.82) is 0 Å². The van der Waals surface area contributed by atoms with Crippen LogP contribution in [-0.4, -0.2) is 61.8 Å². The average molecular weight is 427 g/mol. The van der Waals surface area contributed by atoms with Crippen LogP contribution in [0, 0.1) is 29.5 Å². The molecule has 2 bridgehead atoms. The van der Waals surface area contributed by atoms with Crippen LogP contribution in [-0.2, 0) is 9.59 Å². The zero-order valence-electron chi connectivity index (χ0n) is 17.3. The summed E-state index contributed by atoms with van der Waals surface area (Å²) < 4.78 is 13.6. The average Bonchev–Trinajstić information content (AvgIpc) is 3.45. The van der Waals surface area contributed by atoms with Gasteiger partial charge in [0.1, 0.15) is 5.82 Å². The molecule has 1 saturated heterocycles. The van der Waals surface area contributed by atoms with Crippen LogP contribution in [0.4, 0.5) is 4.39 Å². The van der Waals surface area contributed by atoms with E-state index >= 15 is 0 Å². The van der Waals surface area contributed by atoms with Crippen LogP contribution >= 0.6 is 0 Å². The van der Waals surface area contributed by atoms with Crippen molar-refractivity contribution >= 4 is 23.7 Å². The molecule has 0 aromatic heterocycles. The number of nitrogens with zero attached hydrogens (tertiary/aromatic N) is 2. The maximum Gasteiger partial charge on any atom is 0.254 e. The topological polar surface area (TPSA) is 103 Å². The highest BCUT2D eigenvalue weighted by atomic mass is 19.1. The Labute approximate surface area is 180 Å². The van der Waals surface area contributed by atoms with Gasteiger partial charge in [-0.05, 0) is 30.4 Å². The number of halogens is 1. The monoisotopic (exact) mass is 427 g/mol. The molecule has 8 nitrogen and oxygen atoms in total. The van der Waals surface area contributed by atoms with Crippen LogP contribution in [0.25, 0.3) is 0 Å². The number of aliphatic imine (C=N–C) groups is 1. The van der Waals surface area contributed by atoms with Gasteiger partial charge in [-0.25, -0.2) is 4.39 Å². The molecule has 3 N–H and O–H groups in total. The minimum absolute atomic E-state index is 0.00152. The van der Waals surface area contributed by atoms with Crippen LogP contribution in [0.3, 0.4) is 0 Å². The molecule has 2 fully saturated rings. The van der Waals surface area contributed by atoms with Crippen LogP contribution < -0.4 is 16.0 Å². The number of amides is 3. The molecule has 3 amide bonds. The molecular formula is C22H26FN5O3. The Kier molecular flexibility index (Phi) is 6.01. The molecule has 4 rings (SSSR count). The van der Waals surface area contributed by atoms with E-state index in [-0.39, 0.29) is 54.1 Å². The molecule has 0 spiro atoms. The number of nitrogens with one attached hydrogen (secondary N) is 3. The Morgan fingerprint density at radius 3 is 2.29 bits per heavy atom. The van der Waals surface area contributed by atoms with Gasteiger partial charge >= 0.3 is 0 Å². The lowest BCUT2D eigenvalue weighted by Gasteiger charge is -2.18. The highest BCUT2D eigenvalue weighted by Crippen LogP contribution is 2.52. The Bertz CT molecular complexity index is 917. The van der Waals surface area contributed by atoms with E-state index in [1.807, 2.05) is 0 Å². The van der Waals surface area contributed by atoms with E-state index < -0.39 is 11.7 Å². The lowest BCUT2D eigenvalue weighted by molar-refractivity contribution is -0.140. The van der Waals surface area contributed by atoms with Crippen molar-refractivity contribution in [3.63, 3.8) is 0 Å². The molecule has 1 aliphatic heterocycles. The zero-order chi connectivity index (χ0) is 22.0. The number of hydrogen-bond acceptors (Lipinski definition) is 4. The number of allylic oxidation sites excluding steroid dienone is 2. The summed E-state index contributed by atoms with van der Waals surface area (Å²) in [5.74, 6) is -0.638. The van der Waals surface area contributed by atoms with Gasteiger partial charge in [0.15, 0.2) is 5.96 Å². The van der Waals surface area contributed by atoms with Gasteiger partial charge in [-0.15, -0.1) is 0 Å². The first kappa shape index (κ1) is 21.0. The molecule has 1 aromatic rings. The SMILES string of the molecule is CN=C(NCCNC(=O)c1ccccc1F)NCCN1C(=O)C2C3C=CC(C3)C2C1=O. The molecular weight excluding hydrogens is 401 g/mol. The molecule has 1 aromatic carbocycles. The minimum Gasteiger partial charge on any atom is -0.355 e. The van der Waals surface area contributed by atoms with Crippen molar-refractivity contribution in [2.75, 3.05) is 33.2 Å². The summed E-state index contributed by atoms with van der Waals surface area (Å²) in [6, 6.07) is 5.80. The van der Waals surface area contributed by atoms with E-state index in [0.29, 0.717) is 19.0 Å². The number of fused-ring (bicyclic) bond motifs is 5. The molecule has 4 atom stereocenters. The van der Waals surface area contributed by atoms with Crippen molar-refractivity contribution in [2.24, 2.45) is 28.7 Å². The minimum atomic E-state index is -0.565. The van der Waals surface area contributed by atoms with Crippen molar-refractivity contribution in [2.45, 2.75) is 6.42 Å². The quantitative estimate of drug-likeness (QED) is 0.194. The second-order valence-electron chi connectivity index (χ2n) is 7.99. The number of carbonyl (C=O) groups excluding carboxylic acids is 3. The summed E-state index contributed by atoms with van der Waals surface area (Å²) in [4.78, 5) is 42.8. The summed E-state index contributed by atoms with van der Waals surface area (Å²) in [6.07, 6.45) is 5.08. The standard InChI is InChI=1S/C22H26FN5O3/c1-24-22(26-9-8-25-19(29)15-4-2-3-5-16(15)23)27-10-11-28-20(30)17-13-6-7-14(12-13)18(17)21(28)31/h2-7,13-14,17-18H,8-12H2,1H3,(H,25,29)(H2,24,26,27). The first-order chi connectivity index (χ1) is 15.0. The first-order valence-electron chi connectivity index (χ1n) is 10.5. The lowest BCUT2D eigenvalue weighted by atomic mass is 9.85. The summed E-state index contributed by atoms with van der Waals surface area (Å²) in [7, 11) is 1.60. The normalized spacial score (nSPS) is 26.4. The van der Waals surface area contributed by atoms with Gasteiger partial charge in [-0.2, -0.15) is 0 Å². The lowest BCUT2D eigenvalue weighted by Crippen LogP contribution is -2.45. The molecule has 0 radical (unpaired) electrons. The third-order valence-corrected chi connectivity index (χ3v) is 6.23. The Balaban J connectivity index is 1.18. The number of hydrogen-bond donors (Lipinski definition) is 3. The van der Waals surface area contributed by atoms with Crippen LogP contribution in [0.15, 0.2) is 41.4 Å². The molecule has 1 saturated carbocycles.